The molecule has 0 bridgehead atoms. The molecule has 0 saturated heterocycles. The van der Waals surface area contributed by atoms with Crippen molar-refractivity contribution in [1.82, 2.24) is 0 Å². The number of carbonyl (C=O) groups excluding carboxylic acids is 1. The zero-order valence-electron chi connectivity index (χ0n) is 9.76. The lowest BCUT2D eigenvalue weighted by molar-refractivity contribution is -0.104. The maximum Gasteiger partial charge on any atom is 0.143 e. The minimum Gasteiger partial charge on any atom is -0.299 e. The van der Waals surface area contributed by atoms with E-state index >= 15 is 0 Å². The van der Waals surface area contributed by atoms with Crippen LogP contribution in [0.4, 0.5) is 0 Å². The summed E-state index contributed by atoms with van der Waals surface area (Å²) in [5, 5.41) is 0. The molecule has 0 N–H and O–H groups in total. The maximum absolute atomic E-state index is 10.4. The number of aldehydes is 1. The first-order valence-electron chi connectivity index (χ1n) is 5.59. The van der Waals surface area contributed by atoms with Crippen molar-refractivity contribution in [2.45, 2.75) is 6.92 Å². The highest BCUT2D eigenvalue weighted by Crippen LogP contribution is 2.21. The molecule has 0 aromatic heterocycles. The van der Waals surface area contributed by atoms with Crippen molar-refractivity contribution in [2.75, 3.05) is 0 Å². The van der Waals surface area contributed by atoms with E-state index in [1.165, 1.54) is 11.1 Å². The fourth-order valence-electron chi connectivity index (χ4n) is 1.75. The van der Waals surface area contributed by atoms with Crippen LogP contribution in [-0.4, -0.2) is 6.29 Å². The van der Waals surface area contributed by atoms with E-state index in [1.807, 2.05) is 37.3 Å². The Morgan fingerprint density at radius 1 is 0.882 bits per heavy atom. The predicted octanol–water partition coefficient (Wildman–Crippen LogP) is 3.96. The molecule has 0 heterocycles. The molecule has 0 unspecified atom stereocenters. The predicted molar refractivity (Wildman–Crippen MR) is 71.6 cm³/mol. The zero-order chi connectivity index (χ0) is 12.1. The van der Waals surface area contributed by atoms with Crippen LogP contribution in [0.3, 0.4) is 0 Å². The molecule has 0 aliphatic carbocycles. The minimum atomic E-state index is 0.820. The zero-order valence-corrected chi connectivity index (χ0v) is 9.76. The van der Waals surface area contributed by atoms with Gasteiger partial charge in [-0.25, -0.2) is 0 Å². The van der Waals surface area contributed by atoms with E-state index in [-0.39, 0.29) is 0 Å². The summed E-state index contributed by atoms with van der Waals surface area (Å²) >= 11 is 0. The molecule has 0 amide bonds. The lowest BCUT2D eigenvalue weighted by Gasteiger charge is -2.04. The first-order valence-corrected chi connectivity index (χ1v) is 5.59. The van der Waals surface area contributed by atoms with Crippen molar-refractivity contribution < 1.29 is 4.79 Å². The molecule has 84 valence electrons. The molecular weight excluding hydrogens is 208 g/mol. The van der Waals surface area contributed by atoms with Gasteiger partial charge in [0, 0.05) is 0 Å². The van der Waals surface area contributed by atoms with Gasteiger partial charge >= 0.3 is 0 Å². The largest absolute Gasteiger partial charge is 0.299 e. The normalized spacial score (nSPS) is 11.2. The Bertz CT molecular complexity index is 521. The van der Waals surface area contributed by atoms with E-state index in [1.54, 1.807) is 6.08 Å². The number of hydrogen-bond donors (Lipinski definition) is 0. The second kappa shape index (κ2) is 5.26. The Hall–Kier alpha value is -2.15. The molecule has 1 heteroatoms. The SMILES string of the molecule is C/C(=C\C=O)c1ccc(-c2ccccc2)cc1. The summed E-state index contributed by atoms with van der Waals surface area (Å²) < 4.78 is 0. The van der Waals surface area contributed by atoms with Gasteiger partial charge in [-0.3, -0.25) is 4.79 Å². The summed E-state index contributed by atoms with van der Waals surface area (Å²) in [5.41, 5.74) is 4.46. The Morgan fingerprint density at radius 3 is 2.06 bits per heavy atom. The Kier molecular flexibility index (Phi) is 3.51. The van der Waals surface area contributed by atoms with Crippen molar-refractivity contribution in [2.24, 2.45) is 0 Å². The van der Waals surface area contributed by atoms with Crippen molar-refractivity contribution >= 4 is 11.9 Å². The van der Waals surface area contributed by atoms with Crippen LogP contribution in [0, 0.1) is 0 Å². The molecule has 17 heavy (non-hydrogen) atoms. The summed E-state index contributed by atoms with van der Waals surface area (Å²) in [6.07, 6.45) is 2.40. The highest BCUT2D eigenvalue weighted by molar-refractivity contribution is 5.81. The van der Waals surface area contributed by atoms with Crippen LogP contribution in [0.15, 0.2) is 60.7 Å². The van der Waals surface area contributed by atoms with Crippen LogP contribution < -0.4 is 0 Å². The van der Waals surface area contributed by atoms with Crippen molar-refractivity contribution in [3.8, 4) is 11.1 Å². The lowest BCUT2D eigenvalue weighted by Crippen LogP contribution is -1.82. The average Bonchev–Trinajstić information content (AvgIpc) is 2.40. The number of allylic oxidation sites excluding steroid dienone is 2. The fourth-order valence-corrected chi connectivity index (χ4v) is 1.75. The van der Waals surface area contributed by atoms with Gasteiger partial charge in [0.15, 0.2) is 0 Å². The van der Waals surface area contributed by atoms with Gasteiger partial charge in [0.25, 0.3) is 0 Å². The third-order valence-corrected chi connectivity index (χ3v) is 2.77. The molecule has 0 saturated carbocycles. The average molecular weight is 222 g/mol. The Labute approximate surface area is 101 Å². The van der Waals surface area contributed by atoms with Gasteiger partial charge in [0.2, 0.25) is 0 Å². The topological polar surface area (TPSA) is 17.1 Å². The minimum absolute atomic E-state index is 0.820. The van der Waals surface area contributed by atoms with Crippen LogP contribution in [0.25, 0.3) is 16.7 Å². The Balaban J connectivity index is 2.31. The summed E-state index contributed by atoms with van der Waals surface area (Å²) in [6.45, 7) is 1.94. The first kappa shape index (κ1) is 11.3. The van der Waals surface area contributed by atoms with E-state index in [2.05, 4.69) is 24.3 Å². The van der Waals surface area contributed by atoms with Gasteiger partial charge in [0.05, 0.1) is 0 Å². The summed E-state index contributed by atoms with van der Waals surface area (Å²) in [6, 6.07) is 18.5. The smallest absolute Gasteiger partial charge is 0.143 e. The van der Waals surface area contributed by atoms with Crippen molar-refractivity contribution in [3.05, 3.63) is 66.2 Å². The first-order chi connectivity index (χ1) is 8.31. The van der Waals surface area contributed by atoms with Crippen LogP contribution in [0.5, 0.6) is 0 Å². The molecule has 2 aromatic rings. The molecular formula is C16H14O. The molecule has 0 spiro atoms. The van der Waals surface area contributed by atoms with Crippen LogP contribution in [0.2, 0.25) is 0 Å². The summed E-state index contributed by atoms with van der Waals surface area (Å²) in [4.78, 5) is 10.4. The number of rotatable bonds is 3. The van der Waals surface area contributed by atoms with Crippen LogP contribution in [-0.2, 0) is 4.79 Å². The van der Waals surface area contributed by atoms with E-state index in [4.69, 9.17) is 0 Å². The van der Waals surface area contributed by atoms with E-state index in [0.717, 1.165) is 17.4 Å². The molecule has 1 nitrogen and oxygen atoms in total. The fraction of sp³-hybridized carbons (Fsp3) is 0.0625. The van der Waals surface area contributed by atoms with Gasteiger partial charge in [-0.15, -0.1) is 0 Å². The van der Waals surface area contributed by atoms with Crippen molar-refractivity contribution in [3.63, 3.8) is 0 Å². The van der Waals surface area contributed by atoms with Gasteiger partial charge in [-0.2, -0.15) is 0 Å². The molecule has 0 aliphatic heterocycles. The molecule has 0 aliphatic rings. The highest BCUT2D eigenvalue weighted by Gasteiger charge is 1.98. The van der Waals surface area contributed by atoms with Gasteiger partial charge in [-0.05, 0) is 35.3 Å². The standard InChI is InChI=1S/C16H14O/c1-13(11-12-17)14-7-9-16(10-8-14)15-5-3-2-4-6-15/h2-12H,1H3/b13-11+. The second-order valence-electron chi connectivity index (χ2n) is 3.93. The monoisotopic (exact) mass is 222 g/mol. The lowest BCUT2D eigenvalue weighted by atomic mass is 10.0. The third-order valence-electron chi connectivity index (χ3n) is 2.77. The van der Waals surface area contributed by atoms with Crippen molar-refractivity contribution in [1.29, 1.82) is 0 Å². The molecule has 2 aromatic carbocycles. The molecule has 0 atom stereocenters. The van der Waals surface area contributed by atoms with E-state index in [0.29, 0.717) is 0 Å². The summed E-state index contributed by atoms with van der Waals surface area (Å²) in [7, 11) is 0. The van der Waals surface area contributed by atoms with Gasteiger partial charge in [-0.1, -0.05) is 54.6 Å². The number of benzene rings is 2. The maximum atomic E-state index is 10.4. The highest BCUT2D eigenvalue weighted by atomic mass is 16.1. The molecule has 0 radical (unpaired) electrons. The summed E-state index contributed by atoms with van der Waals surface area (Å²) in [5.74, 6) is 0. The third kappa shape index (κ3) is 2.70. The van der Waals surface area contributed by atoms with Gasteiger partial charge < -0.3 is 0 Å². The quantitative estimate of drug-likeness (QED) is 0.567. The van der Waals surface area contributed by atoms with Crippen LogP contribution >= 0.6 is 0 Å². The van der Waals surface area contributed by atoms with E-state index < -0.39 is 0 Å². The molecule has 2 rings (SSSR count). The molecule has 0 fully saturated rings. The van der Waals surface area contributed by atoms with Gasteiger partial charge in [0.1, 0.15) is 6.29 Å². The van der Waals surface area contributed by atoms with E-state index in [9.17, 15) is 4.79 Å². The van der Waals surface area contributed by atoms with Crippen LogP contribution in [0.1, 0.15) is 12.5 Å². The second-order valence-corrected chi connectivity index (χ2v) is 3.93. The Morgan fingerprint density at radius 2 is 1.47 bits per heavy atom. The number of carbonyl (C=O) groups is 1. The number of hydrogen-bond acceptors (Lipinski definition) is 1.